The molecule has 1 aliphatic heterocycles. The summed E-state index contributed by atoms with van der Waals surface area (Å²) in [6.07, 6.45) is 2.05. The van der Waals surface area contributed by atoms with Gasteiger partial charge in [0.1, 0.15) is 5.57 Å². The highest BCUT2D eigenvalue weighted by Crippen LogP contribution is 2.38. The second-order valence-electron chi connectivity index (χ2n) is 9.22. The molecule has 1 fully saturated rings. The molecule has 11 nitrogen and oxygen atoms in total. The smallest absolute Gasteiger partial charge is 0.335 e. The van der Waals surface area contributed by atoms with E-state index in [-0.39, 0.29) is 34.4 Å². The summed E-state index contributed by atoms with van der Waals surface area (Å²) in [7, 11) is 1.43. The summed E-state index contributed by atoms with van der Waals surface area (Å²) in [4.78, 5) is 52.3. The Labute approximate surface area is 263 Å². The van der Waals surface area contributed by atoms with E-state index in [0.29, 0.717) is 34.4 Å². The minimum Gasteiger partial charge on any atom is -0.493 e. The van der Waals surface area contributed by atoms with Crippen molar-refractivity contribution in [2.24, 2.45) is 0 Å². The van der Waals surface area contributed by atoms with Crippen molar-refractivity contribution in [2.45, 2.75) is 20.3 Å². The first-order chi connectivity index (χ1) is 21.2. The number of nitrogens with one attached hydrogen (secondary N) is 2. The zero-order valence-electron chi connectivity index (χ0n) is 24.1. The molecule has 0 bridgehead atoms. The van der Waals surface area contributed by atoms with E-state index in [1.807, 2.05) is 6.92 Å². The number of methoxy groups -OCH3 is 1. The number of carbonyl (C=O) groups is 4. The second kappa shape index (κ2) is 14.6. The molecule has 13 heteroatoms. The standard InChI is InChI=1S/C31H29Cl2N3O8/c1-4-12-43-24-11-10-19(16-25(24)41-3)36-30(39)20(29(38)35-31(36)40)13-18-14-22(33)28(26(15-18)42-5-2)44-17-27(37)34-23-9-7-6-8-21(23)32/h6-11,13-16H,4-5,12,17H2,1-3H3,(H,34,37)(H,35,38,40)/b20-13-. The number of carbonyl (C=O) groups excluding carboxylic acids is 4. The van der Waals surface area contributed by atoms with Crippen molar-refractivity contribution in [3.8, 4) is 23.0 Å². The van der Waals surface area contributed by atoms with Crippen LogP contribution >= 0.6 is 23.2 Å². The molecule has 0 radical (unpaired) electrons. The Morgan fingerprint density at radius 1 is 0.932 bits per heavy atom. The molecule has 3 aromatic carbocycles. The summed E-state index contributed by atoms with van der Waals surface area (Å²) >= 11 is 12.6. The first-order valence-electron chi connectivity index (χ1n) is 13.5. The molecule has 0 spiro atoms. The zero-order chi connectivity index (χ0) is 31.8. The van der Waals surface area contributed by atoms with Crippen LogP contribution in [0.4, 0.5) is 16.2 Å². The van der Waals surface area contributed by atoms with Gasteiger partial charge in [-0.05, 0) is 61.4 Å². The van der Waals surface area contributed by atoms with Crippen molar-refractivity contribution >= 4 is 64.4 Å². The summed E-state index contributed by atoms with van der Waals surface area (Å²) in [5.74, 6) is -1.25. The minimum atomic E-state index is -0.923. The summed E-state index contributed by atoms with van der Waals surface area (Å²) in [6.45, 7) is 3.96. The van der Waals surface area contributed by atoms with Crippen LogP contribution in [-0.4, -0.2) is 50.7 Å². The third-order valence-electron chi connectivity index (χ3n) is 6.11. The number of hydrogen-bond acceptors (Lipinski definition) is 8. The number of ether oxygens (including phenoxy) is 4. The number of amides is 5. The lowest BCUT2D eigenvalue weighted by molar-refractivity contribution is -0.122. The quantitative estimate of drug-likeness (QED) is 0.185. The van der Waals surface area contributed by atoms with Gasteiger partial charge < -0.3 is 24.3 Å². The SMILES string of the molecule is CCCOc1ccc(N2C(=O)NC(=O)/C(=C/c3cc(Cl)c(OCC(=O)Nc4ccccc4Cl)c(OCC)c3)C2=O)cc1OC. The first kappa shape index (κ1) is 32.2. The molecule has 0 atom stereocenters. The van der Waals surface area contributed by atoms with Gasteiger partial charge >= 0.3 is 6.03 Å². The molecule has 230 valence electrons. The summed E-state index contributed by atoms with van der Waals surface area (Å²) in [6, 6.07) is 13.3. The van der Waals surface area contributed by atoms with E-state index >= 15 is 0 Å². The number of urea groups is 1. The Hall–Kier alpha value is -4.74. The van der Waals surface area contributed by atoms with Gasteiger partial charge in [0.2, 0.25) is 0 Å². The number of hydrogen-bond donors (Lipinski definition) is 2. The fourth-order valence-corrected chi connectivity index (χ4v) is 4.60. The maximum Gasteiger partial charge on any atom is 0.335 e. The number of benzene rings is 3. The lowest BCUT2D eigenvalue weighted by atomic mass is 10.1. The molecular formula is C31H29Cl2N3O8. The molecule has 2 N–H and O–H groups in total. The van der Waals surface area contributed by atoms with E-state index in [9.17, 15) is 19.2 Å². The Morgan fingerprint density at radius 3 is 2.41 bits per heavy atom. The molecule has 0 unspecified atom stereocenters. The van der Waals surface area contributed by atoms with Gasteiger partial charge in [0.05, 0.1) is 41.7 Å². The van der Waals surface area contributed by atoms with Gasteiger partial charge in [-0.15, -0.1) is 0 Å². The highest BCUT2D eigenvalue weighted by atomic mass is 35.5. The van der Waals surface area contributed by atoms with Crippen LogP contribution in [0.25, 0.3) is 6.08 Å². The Kier molecular flexibility index (Phi) is 10.7. The lowest BCUT2D eigenvalue weighted by Gasteiger charge is -2.27. The summed E-state index contributed by atoms with van der Waals surface area (Å²) < 4.78 is 22.4. The van der Waals surface area contributed by atoms with E-state index in [4.69, 9.17) is 42.1 Å². The molecule has 3 aromatic rings. The molecule has 4 rings (SSSR count). The number of rotatable bonds is 12. The maximum atomic E-state index is 13.5. The molecule has 1 aliphatic rings. The number of para-hydroxylation sites is 1. The molecule has 0 aliphatic carbocycles. The third kappa shape index (κ3) is 7.42. The molecule has 0 saturated carbocycles. The average molecular weight is 642 g/mol. The Morgan fingerprint density at radius 2 is 1.70 bits per heavy atom. The molecule has 5 amide bonds. The first-order valence-corrected chi connectivity index (χ1v) is 14.3. The van der Waals surface area contributed by atoms with Gasteiger partial charge in [0.25, 0.3) is 17.7 Å². The van der Waals surface area contributed by atoms with Crippen LogP contribution in [0, 0.1) is 0 Å². The monoisotopic (exact) mass is 641 g/mol. The summed E-state index contributed by atoms with van der Waals surface area (Å²) in [5.41, 5.74) is 0.558. The lowest BCUT2D eigenvalue weighted by Crippen LogP contribution is -2.54. The minimum absolute atomic E-state index is 0.0531. The Bertz CT molecular complexity index is 1630. The van der Waals surface area contributed by atoms with Crippen molar-refractivity contribution in [3.63, 3.8) is 0 Å². The highest BCUT2D eigenvalue weighted by molar-refractivity contribution is 6.39. The third-order valence-corrected chi connectivity index (χ3v) is 6.72. The predicted molar refractivity (Wildman–Crippen MR) is 166 cm³/mol. The Balaban J connectivity index is 1.59. The number of anilines is 2. The number of halogens is 2. The van der Waals surface area contributed by atoms with Gasteiger partial charge in [-0.3, -0.25) is 19.7 Å². The summed E-state index contributed by atoms with van der Waals surface area (Å²) in [5, 5.41) is 5.25. The fraction of sp³-hybridized carbons (Fsp3) is 0.226. The second-order valence-corrected chi connectivity index (χ2v) is 10.0. The van der Waals surface area contributed by atoms with Gasteiger partial charge in [-0.25, -0.2) is 9.69 Å². The van der Waals surface area contributed by atoms with Crippen molar-refractivity contribution in [1.82, 2.24) is 5.32 Å². The van der Waals surface area contributed by atoms with Gasteiger partial charge in [0, 0.05) is 6.07 Å². The van der Waals surface area contributed by atoms with E-state index in [0.717, 1.165) is 11.3 Å². The van der Waals surface area contributed by atoms with Gasteiger partial charge in [0.15, 0.2) is 29.6 Å². The molecular weight excluding hydrogens is 613 g/mol. The maximum absolute atomic E-state index is 13.5. The van der Waals surface area contributed by atoms with Crippen LogP contribution in [0.2, 0.25) is 10.0 Å². The van der Waals surface area contributed by atoms with Crippen molar-refractivity contribution in [3.05, 3.63) is 75.8 Å². The van der Waals surface area contributed by atoms with Crippen LogP contribution in [-0.2, 0) is 14.4 Å². The van der Waals surface area contributed by atoms with Crippen LogP contribution in [0.15, 0.2) is 60.2 Å². The highest BCUT2D eigenvalue weighted by Gasteiger charge is 2.37. The number of nitrogens with zero attached hydrogens (tertiary/aromatic N) is 1. The van der Waals surface area contributed by atoms with Crippen LogP contribution in [0.5, 0.6) is 23.0 Å². The normalized spacial score (nSPS) is 13.9. The molecule has 1 heterocycles. The number of barbiturate groups is 1. The van der Waals surface area contributed by atoms with Gasteiger partial charge in [-0.1, -0.05) is 42.3 Å². The fourth-order valence-electron chi connectivity index (χ4n) is 4.15. The van der Waals surface area contributed by atoms with Crippen LogP contribution in [0.3, 0.4) is 0 Å². The van der Waals surface area contributed by atoms with Crippen molar-refractivity contribution < 1.29 is 38.1 Å². The number of imide groups is 2. The van der Waals surface area contributed by atoms with Crippen molar-refractivity contribution in [2.75, 3.05) is 37.1 Å². The molecule has 0 aromatic heterocycles. The average Bonchev–Trinajstić information content (AvgIpc) is 2.99. The van der Waals surface area contributed by atoms with Crippen LogP contribution in [0.1, 0.15) is 25.8 Å². The zero-order valence-corrected chi connectivity index (χ0v) is 25.6. The largest absolute Gasteiger partial charge is 0.493 e. The molecule has 1 saturated heterocycles. The predicted octanol–water partition coefficient (Wildman–Crippen LogP) is 5.87. The van der Waals surface area contributed by atoms with Gasteiger partial charge in [-0.2, -0.15) is 0 Å². The van der Waals surface area contributed by atoms with E-state index in [2.05, 4.69) is 10.6 Å². The van der Waals surface area contributed by atoms with E-state index in [1.165, 1.54) is 37.5 Å². The van der Waals surface area contributed by atoms with Crippen LogP contribution < -0.4 is 34.5 Å². The van der Waals surface area contributed by atoms with Crippen molar-refractivity contribution in [1.29, 1.82) is 0 Å². The topological polar surface area (TPSA) is 132 Å². The molecule has 44 heavy (non-hydrogen) atoms. The van der Waals surface area contributed by atoms with E-state index < -0.39 is 30.4 Å². The van der Waals surface area contributed by atoms with E-state index in [1.54, 1.807) is 37.3 Å².